The predicted octanol–water partition coefficient (Wildman–Crippen LogP) is 10.0. The number of benzene rings is 1. The van der Waals surface area contributed by atoms with Gasteiger partial charge in [0, 0.05) is 12.0 Å². The molecule has 0 bridgehead atoms. The fourth-order valence-corrected chi connectivity index (χ4v) is 4.82. The SMILES string of the molecule is CCCCCCCCCCCCCCCCCC(=O)N[C@@H](CC)[C@H](O)C=Cc1cc(C(F)(F)F)cc(Cl)c1F. The first-order chi connectivity index (χ1) is 18.6. The lowest BCUT2D eigenvalue weighted by atomic mass is 10.0. The Kier molecular flexibility index (Phi) is 18.4. The zero-order valence-electron chi connectivity index (χ0n) is 23.7. The normalized spacial score (nSPS) is 13.6. The average Bonchev–Trinajstić information content (AvgIpc) is 2.89. The molecule has 224 valence electrons. The Morgan fingerprint density at radius 3 is 1.85 bits per heavy atom. The highest BCUT2D eigenvalue weighted by atomic mass is 35.5. The van der Waals surface area contributed by atoms with Gasteiger partial charge in [0.1, 0.15) is 5.82 Å². The van der Waals surface area contributed by atoms with Crippen LogP contribution in [-0.2, 0) is 11.0 Å². The molecule has 0 aromatic heterocycles. The number of hydrogen-bond acceptors (Lipinski definition) is 2. The van der Waals surface area contributed by atoms with E-state index < -0.39 is 34.7 Å². The first-order valence-electron chi connectivity index (χ1n) is 14.8. The second kappa shape index (κ2) is 20.3. The number of aliphatic hydroxyl groups is 1. The molecule has 0 radical (unpaired) electrons. The molecule has 0 saturated heterocycles. The molecule has 0 unspecified atom stereocenters. The van der Waals surface area contributed by atoms with Gasteiger partial charge in [-0.3, -0.25) is 4.79 Å². The minimum absolute atomic E-state index is 0.183. The quantitative estimate of drug-likeness (QED) is 0.113. The number of amides is 1. The van der Waals surface area contributed by atoms with E-state index in [2.05, 4.69) is 12.2 Å². The van der Waals surface area contributed by atoms with Crippen LogP contribution in [0.1, 0.15) is 134 Å². The van der Waals surface area contributed by atoms with Gasteiger partial charge >= 0.3 is 6.18 Å². The number of aliphatic hydroxyl groups excluding tert-OH is 1. The first kappa shape index (κ1) is 35.4. The molecule has 1 rings (SSSR count). The Labute approximate surface area is 237 Å². The molecule has 0 spiro atoms. The highest BCUT2D eigenvalue weighted by molar-refractivity contribution is 6.31. The van der Waals surface area contributed by atoms with E-state index in [-0.39, 0.29) is 11.5 Å². The predicted molar refractivity (Wildman–Crippen MR) is 153 cm³/mol. The lowest BCUT2D eigenvalue weighted by Crippen LogP contribution is -2.42. The summed E-state index contributed by atoms with van der Waals surface area (Å²) in [5.41, 5.74) is -1.46. The molecule has 0 aliphatic heterocycles. The Hall–Kier alpha value is -1.60. The van der Waals surface area contributed by atoms with Gasteiger partial charge in [-0.2, -0.15) is 13.2 Å². The average molecular weight is 578 g/mol. The molecule has 0 saturated carbocycles. The van der Waals surface area contributed by atoms with Crippen molar-refractivity contribution in [3.63, 3.8) is 0 Å². The summed E-state index contributed by atoms with van der Waals surface area (Å²) in [6.45, 7) is 4.02. The van der Waals surface area contributed by atoms with Gasteiger partial charge in [0.05, 0.1) is 22.7 Å². The third-order valence-corrected chi connectivity index (χ3v) is 7.34. The zero-order valence-corrected chi connectivity index (χ0v) is 24.5. The van der Waals surface area contributed by atoms with Gasteiger partial charge in [-0.25, -0.2) is 4.39 Å². The summed E-state index contributed by atoms with van der Waals surface area (Å²) in [4.78, 5) is 12.3. The van der Waals surface area contributed by atoms with E-state index in [9.17, 15) is 27.5 Å². The summed E-state index contributed by atoms with van der Waals surface area (Å²) in [5.74, 6) is -1.18. The van der Waals surface area contributed by atoms with Crippen molar-refractivity contribution in [2.24, 2.45) is 0 Å². The molecular formula is C31H48ClF4NO2. The maximum Gasteiger partial charge on any atom is 0.416 e. The summed E-state index contributed by atoms with van der Waals surface area (Å²) in [6.07, 6.45) is 15.8. The van der Waals surface area contributed by atoms with E-state index >= 15 is 0 Å². The molecule has 0 heterocycles. The zero-order chi connectivity index (χ0) is 29.1. The fourth-order valence-electron chi connectivity index (χ4n) is 4.60. The van der Waals surface area contributed by atoms with E-state index in [4.69, 9.17) is 11.6 Å². The van der Waals surface area contributed by atoms with Gasteiger partial charge in [-0.05, 0) is 25.0 Å². The van der Waals surface area contributed by atoms with Crippen LogP contribution in [-0.4, -0.2) is 23.2 Å². The summed E-state index contributed by atoms with van der Waals surface area (Å²) in [7, 11) is 0. The number of hydrogen-bond donors (Lipinski definition) is 2. The molecule has 1 aromatic rings. The molecule has 0 aliphatic rings. The molecule has 0 aliphatic carbocycles. The third kappa shape index (κ3) is 15.7. The first-order valence-corrected chi connectivity index (χ1v) is 15.2. The summed E-state index contributed by atoms with van der Waals surface area (Å²) in [6, 6.07) is 0.535. The van der Waals surface area contributed by atoms with Crippen LogP contribution in [0.2, 0.25) is 5.02 Å². The number of unbranched alkanes of at least 4 members (excludes halogenated alkanes) is 14. The Balaban J connectivity index is 2.25. The maximum absolute atomic E-state index is 14.2. The second-order valence-electron chi connectivity index (χ2n) is 10.5. The lowest BCUT2D eigenvalue weighted by Gasteiger charge is -2.20. The largest absolute Gasteiger partial charge is 0.416 e. The van der Waals surface area contributed by atoms with Crippen molar-refractivity contribution in [3.8, 4) is 0 Å². The van der Waals surface area contributed by atoms with Crippen LogP contribution in [0.4, 0.5) is 17.6 Å². The van der Waals surface area contributed by atoms with Crippen LogP contribution in [0.15, 0.2) is 18.2 Å². The van der Waals surface area contributed by atoms with Crippen molar-refractivity contribution in [2.45, 2.75) is 141 Å². The topological polar surface area (TPSA) is 49.3 Å². The second-order valence-corrected chi connectivity index (χ2v) is 10.9. The van der Waals surface area contributed by atoms with E-state index in [1.54, 1.807) is 6.92 Å². The molecule has 39 heavy (non-hydrogen) atoms. The Bertz CT molecular complexity index is 845. The summed E-state index contributed by atoms with van der Waals surface area (Å²) >= 11 is 5.61. The van der Waals surface area contributed by atoms with E-state index in [0.717, 1.165) is 25.3 Å². The number of rotatable bonds is 21. The summed E-state index contributed by atoms with van der Waals surface area (Å²) < 4.78 is 53.2. The van der Waals surface area contributed by atoms with E-state index in [1.165, 1.54) is 83.1 Å². The molecule has 2 atom stereocenters. The van der Waals surface area contributed by atoms with Crippen molar-refractivity contribution in [1.29, 1.82) is 0 Å². The number of carbonyl (C=O) groups excluding carboxylic acids is 1. The van der Waals surface area contributed by atoms with Gasteiger partial charge in [0.15, 0.2) is 0 Å². The van der Waals surface area contributed by atoms with Crippen molar-refractivity contribution >= 4 is 23.6 Å². The highest BCUT2D eigenvalue weighted by Gasteiger charge is 2.32. The van der Waals surface area contributed by atoms with Crippen LogP contribution in [0.5, 0.6) is 0 Å². The maximum atomic E-state index is 14.2. The van der Waals surface area contributed by atoms with Gasteiger partial charge in [0.25, 0.3) is 0 Å². The van der Waals surface area contributed by atoms with Crippen LogP contribution < -0.4 is 5.32 Å². The molecule has 1 aromatic carbocycles. The smallest absolute Gasteiger partial charge is 0.387 e. The van der Waals surface area contributed by atoms with Gasteiger partial charge < -0.3 is 10.4 Å². The van der Waals surface area contributed by atoms with Crippen molar-refractivity contribution in [3.05, 3.63) is 40.2 Å². The monoisotopic (exact) mass is 577 g/mol. The Morgan fingerprint density at radius 1 is 0.897 bits per heavy atom. The number of nitrogens with one attached hydrogen (secondary N) is 1. The van der Waals surface area contributed by atoms with Crippen molar-refractivity contribution in [2.75, 3.05) is 0 Å². The fraction of sp³-hybridized carbons (Fsp3) is 0.710. The molecule has 0 fully saturated rings. The van der Waals surface area contributed by atoms with Crippen LogP contribution in [0, 0.1) is 5.82 Å². The molecule has 2 N–H and O–H groups in total. The molecular weight excluding hydrogens is 530 g/mol. The van der Waals surface area contributed by atoms with Crippen LogP contribution in [0.25, 0.3) is 6.08 Å². The van der Waals surface area contributed by atoms with Crippen LogP contribution >= 0.6 is 11.6 Å². The third-order valence-electron chi connectivity index (χ3n) is 7.06. The lowest BCUT2D eigenvalue weighted by molar-refractivity contribution is -0.137. The standard InChI is InChI=1S/C31H48ClF4NO2/c1-3-5-6-7-8-9-10-11-12-13-14-15-16-17-18-19-29(39)37-27(4-2)28(38)21-20-24-22-25(31(34,35)36)23-26(32)30(24)33/h20-23,27-28,38H,3-19H2,1-2H3,(H,37,39)/t27-,28+/m0/s1. The molecule has 3 nitrogen and oxygen atoms in total. The molecule has 8 heteroatoms. The minimum Gasteiger partial charge on any atom is -0.387 e. The van der Waals surface area contributed by atoms with Crippen molar-refractivity contribution in [1.82, 2.24) is 5.32 Å². The highest BCUT2D eigenvalue weighted by Crippen LogP contribution is 2.34. The van der Waals surface area contributed by atoms with Gasteiger partial charge in [-0.15, -0.1) is 0 Å². The van der Waals surface area contributed by atoms with E-state index in [1.807, 2.05) is 0 Å². The van der Waals surface area contributed by atoms with Crippen molar-refractivity contribution < 1.29 is 27.5 Å². The van der Waals surface area contributed by atoms with Gasteiger partial charge in [0.2, 0.25) is 5.91 Å². The van der Waals surface area contributed by atoms with Crippen LogP contribution in [0.3, 0.4) is 0 Å². The summed E-state index contributed by atoms with van der Waals surface area (Å²) in [5, 5.41) is 12.6. The van der Waals surface area contributed by atoms with Gasteiger partial charge in [-0.1, -0.05) is 127 Å². The minimum atomic E-state index is -4.68. The Morgan fingerprint density at radius 2 is 1.38 bits per heavy atom. The number of halogens is 5. The number of carbonyl (C=O) groups is 1. The number of alkyl halides is 3. The van der Waals surface area contributed by atoms with E-state index in [0.29, 0.717) is 25.0 Å². The molecule has 1 amide bonds.